The van der Waals surface area contributed by atoms with Crippen LogP contribution in [0.3, 0.4) is 0 Å². The number of aryl methyl sites for hydroxylation is 1. The summed E-state index contributed by atoms with van der Waals surface area (Å²) in [6.07, 6.45) is 0.600. The fraction of sp³-hybridized carbons (Fsp3) is 0.280. The molecule has 1 aliphatic rings. The van der Waals surface area contributed by atoms with Crippen LogP contribution in [0.4, 0.5) is 10.2 Å². The first kappa shape index (κ1) is 20.9. The zero-order valence-corrected chi connectivity index (χ0v) is 18.8. The average molecular weight is 451 g/mol. The Bertz CT molecular complexity index is 1340. The molecule has 0 aliphatic carbocycles. The molecule has 0 spiro atoms. The van der Waals surface area contributed by atoms with Crippen molar-refractivity contribution in [2.24, 2.45) is 0 Å². The molecule has 5 nitrogen and oxygen atoms in total. The number of rotatable bonds is 3. The molecule has 0 amide bonds. The molecule has 1 aromatic heterocycles. The number of likely N-dealkylation sites (N-methyl/N-ethyl adjacent to an activating group) is 1. The highest BCUT2D eigenvalue weighted by Crippen LogP contribution is 2.42. The number of aromatic hydroxyl groups is 1. The molecule has 0 bridgehead atoms. The maximum atomic E-state index is 16.1. The second-order valence-electron chi connectivity index (χ2n) is 8.27. The average Bonchev–Trinajstić information content (AvgIpc) is 2.79. The van der Waals surface area contributed by atoms with E-state index in [2.05, 4.69) is 21.8 Å². The highest BCUT2D eigenvalue weighted by Gasteiger charge is 2.24. The Kier molecular flexibility index (Phi) is 5.35. The van der Waals surface area contributed by atoms with Crippen molar-refractivity contribution >= 4 is 39.1 Å². The van der Waals surface area contributed by atoms with E-state index in [9.17, 15) is 5.11 Å². The van der Waals surface area contributed by atoms with E-state index in [4.69, 9.17) is 16.6 Å². The lowest BCUT2D eigenvalue weighted by Crippen LogP contribution is -2.45. The van der Waals surface area contributed by atoms with Crippen molar-refractivity contribution in [3.05, 3.63) is 59.1 Å². The third-order valence-electron chi connectivity index (χ3n) is 6.14. The molecule has 3 aromatic carbocycles. The van der Waals surface area contributed by atoms with Crippen LogP contribution in [0.1, 0.15) is 12.7 Å². The minimum Gasteiger partial charge on any atom is -0.508 e. The summed E-state index contributed by atoms with van der Waals surface area (Å²) in [6, 6.07) is 12.5. The van der Waals surface area contributed by atoms with Crippen LogP contribution in [-0.2, 0) is 6.42 Å². The van der Waals surface area contributed by atoms with E-state index in [1.165, 1.54) is 0 Å². The Labute approximate surface area is 191 Å². The van der Waals surface area contributed by atoms with E-state index < -0.39 is 5.82 Å². The molecule has 32 heavy (non-hydrogen) atoms. The molecule has 1 fully saturated rings. The van der Waals surface area contributed by atoms with Gasteiger partial charge in [0.05, 0.1) is 5.02 Å². The topological polar surface area (TPSA) is 52.5 Å². The van der Waals surface area contributed by atoms with E-state index >= 15 is 4.39 Å². The number of hydrogen-bond donors (Lipinski definition) is 1. The summed E-state index contributed by atoms with van der Waals surface area (Å²) in [5.41, 5.74) is 1.05. The van der Waals surface area contributed by atoms with Crippen molar-refractivity contribution in [2.45, 2.75) is 13.3 Å². The number of aromatic nitrogens is 2. The van der Waals surface area contributed by atoms with Gasteiger partial charge in [0.2, 0.25) is 0 Å². The number of phenolic OH excluding ortho intramolecular Hbond substituents is 1. The van der Waals surface area contributed by atoms with Crippen molar-refractivity contribution < 1.29 is 9.50 Å². The fourth-order valence-corrected chi connectivity index (χ4v) is 4.68. The Morgan fingerprint density at radius 3 is 2.53 bits per heavy atom. The predicted molar refractivity (Wildman–Crippen MR) is 128 cm³/mol. The first-order valence-corrected chi connectivity index (χ1v) is 11.2. The second kappa shape index (κ2) is 8.19. The maximum Gasteiger partial charge on any atom is 0.158 e. The SMILES string of the molecule is CCc1nc(N2CCN(C)CC2)c2cc(Cl)c(-c3cc(O)cc4ccccc34)c(F)c2n1. The molecule has 0 saturated carbocycles. The molecule has 0 unspecified atom stereocenters. The number of halogens is 2. The minimum absolute atomic E-state index is 0.0596. The summed E-state index contributed by atoms with van der Waals surface area (Å²) in [6.45, 7) is 5.41. The van der Waals surface area contributed by atoms with E-state index in [0.717, 1.165) is 42.8 Å². The van der Waals surface area contributed by atoms with Gasteiger partial charge in [-0.05, 0) is 41.6 Å². The molecule has 7 heteroatoms. The van der Waals surface area contributed by atoms with Gasteiger partial charge in [-0.15, -0.1) is 0 Å². The molecule has 1 saturated heterocycles. The lowest BCUT2D eigenvalue weighted by atomic mass is 9.96. The summed E-state index contributed by atoms with van der Waals surface area (Å²) in [7, 11) is 2.09. The third kappa shape index (κ3) is 3.53. The van der Waals surface area contributed by atoms with Crippen LogP contribution < -0.4 is 4.90 Å². The van der Waals surface area contributed by atoms with Crippen LogP contribution in [0.2, 0.25) is 5.02 Å². The highest BCUT2D eigenvalue weighted by atomic mass is 35.5. The summed E-state index contributed by atoms with van der Waals surface area (Å²) in [5, 5.41) is 12.8. The van der Waals surface area contributed by atoms with Gasteiger partial charge in [0, 0.05) is 43.5 Å². The van der Waals surface area contributed by atoms with E-state index in [1.54, 1.807) is 18.2 Å². The molecule has 0 atom stereocenters. The number of hydrogen-bond acceptors (Lipinski definition) is 5. The van der Waals surface area contributed by atoms with Crippen LogP contribution in [0, 0.1) is 5.82 Å². The van der Waals surface area contributed by atoms with Crippen molar-refractivity contribution in [1.82, 2.24) is 14.9 Å². The first-order chi connectivity index (χ1) is 15.5. The Morgan fingerprint density at radius 1 is 1.03 bits per heavy atom. The van der Waals surface area contributed by atoms with Gasteiger partial charge >= 0.3 is 0 Å². The molecule has 1 N–H and O–H groups in total. The molecule has 5 rings (SSSR count). The van der Waals surface area contributed by atoms with Gasteiger partial charge in [-0.2, -0.15) is 0 Å². The van der Waals surface area contributed by atoms with Crippen LogP contribution in [0.25, 0.3) is 32.8 Å². The van der Waals surface area contributed by atoms with Crippen molar-refractivity contribution in [1.29, 1.82) is 0 Å². The largest absolute Gasteiger partial charge is 0.508 e. The van der Waals surface area contributed by atoms with Gasteiger partial charge in [-0.25, -0.2) is 14.4 Å². The molecular formula is C25H24ClFN4O. The second-order valence-corrected chi connectivity index (χ2v) is 8.67. The molecule has 4 aromatic rings. The smallest absolute Gasteiger partial charge is 0.158 e. The van der Waals surface area contributed by atoms with Crippen molar-refractivity contribution in [3.8, 4) is 16.9 Å². The van der Waals surface area contributed by atoms with Crippen LogP contribution in [0.15, 0.2) is 42.5 Å². The summed E-state index contributed by atoms with van der Waals surface area (Å²) >= 11 is 6.70. The summed E-state index contributed by atoms with van der Waals surface area (Å²) in [4.78, 5) is 13.7. The Morgan fingerprint density at radius 2 is 1.78 bits per heavy atom. The number of benzene rings is 3. The van der Waals surface area contributed by atoms with Crippen LogP contribution >= 0.6 is 11.6 Å². The Balaban J connectivity index is 1.77. The highest BCUT2D eigenvalue weighted by molar-refractivity contribution is 6.35. The third-order valence-corrected chi connectivity index (χ3v) is 6.44. The van der Waals surface area contributed by atoms with Crippen molar-refractivity contribution in [3.63, 3.8) is 0 Å². The number of piperazine rings is 1. The number of fused-ring (bicyclic) bond motifs is 2. The summed E-state index contributed by atoms with van der Waals surface area (Å²) < 4.78 is 16.1. The lowest BCUT2D eigenvalue weighted by molar-refractivity contribution is 0.312. The van der Waals surface area contributed by atoms with Crippen LogP contribution in [-0.4, -0.2) is 53.2 Å². The van der Waals surface area contributed by atoms with E-state index in [-0.39, 0.29) is 21.9 Å². The predicted octanol–water partition coefficient (Wildman–Crippen LogP) is 5.26. The molecule has 1 aliphatic heterocycles. The first-order valence-electron chi connectivity index (χ1n) is 10.8. The van der Waals surface area contributed by atoms with Crippen LogP contribution in [0.5, 0.6) is 5.75 Å². The lowest BCUT2D eigenvalue weighted by Gasteiger charge is -2.34. The molecular weight excluding hydrogens is 427 g/mol. The van der Waals surface area contributed by atoms with Gasteiger partial charge in [0.25, 0.3) is 0 Å². The number of nitrogens with zero attached hydrogens (tertiary/aromatic N) is 4. The molecule has 164 valence electrons. The normalized spacial score (nSPS) is 15.1. The quantitative estimate of drug-likeness (QED) is 0.461. The van der Waals surface area contributed by atoms with E-state index in [1.807, 2.05) is 31.2 Å². The summed E-state index contributed by atoms with van der Waals surface area (Å²) in [5.74, 6) is 0.896. The van der Waals surface area contributed by atoms with Gasteiger partial charge in [0.15, 0.2) is 5.82 Å². The van der Waals surface area contributed by atoms with Crippen molar-refractivity contribution in [2.75, 3.05) is 38.1 Å². The van der Waals surface area contributed by atoms with Gasteiger partial charge in [-0.1, -0.05) is 42.8 Å². The monoisotopic (exact) mass is 450 g/mol. The zero-order valence-electron chi connectivity index (χ0n) is 18.1. The number of phenols is 1. The number of anilines is 1. The van der Waals surface area contributed by atoms with Gasteiger partial charge in [0.1, 0.15) is 22.9 Å². The molecule has 2 heterocycles. The molecule has 0 radical (unpaired) electrons. The van der Waals surface area contributed by atoms with Gasteiger partial charge in [-0.3, -0.25) is 0 Å². The minimum atomic E-state index is -0.490. The van der Waals surface area contributed by atoms with Gasteiger partial charge < -0.3 is 14.9 Å². The zero-order chi connectivity index (χ0) is 22.4. The standard InChI is InChI=1S/C25H24ClFN4O/c1-3-21-28-24-19(25(29-21)31-10-8-30(2)9-11-31)14-20(26)22(23(24)27)18-13-16(32)12-15-6-4-5-7-17(15)18/h4-7,12-14,32H,3,8-11H2,1-2H3. The fourth-order valence-electron chi connectivity index (χ4n) is 4.39. The Hall–Kier alpha value is -2.96. The van der Waals surface area contributed by atoms with E-state index in [0.29, 0.717) is 23.2 Å². The maximum absolute atomic E-state index is 16.1.